The van der Waals surface area contributed by atoms with E-state index >= 15 is 0 Å². The van der Waals surface area contributed by atoms with Crippen molar-refractivity contribution in [1.82, 2.24) is 9.97 Å². The van der Waals surface area contributed by atoms with E-state index in [-0.39, 0.29) is 31.3 Å². The average molecular weight is 798 g/mol. The summed E-state index contributed by atoms with van der Waals surface area (Å²) in [6.07, 6.45) is 3.89. The van der Waals surface area contributed by atoms with Crippen molar-refractivity contribution < 1.29 is 24.5 Å². The zero-order chi connectivity index (χ0) is 28.5. The minimum absolute atomic E-state index is 0. The number of fused-ring (bicyclic) bond motifs is 3. The Morgan fingerprint density at radius 1 is 0.805 bits per heavy atom. The molecule has 0 aliphatic rings. The first-order valence-corrected chi connectivity index (χ1v) is 21.6. The Bertz CT molecular complexity index is 1770. The monoisotopic (exact) mass is 799 g/mol. The number of hydrogen-bond donors (Lipinski definition) is 0. The molecule has 41 heavy (non-hydrogen) atoms. The van der Waals surface area contributed by atoms with Gasteiger partial charge in [0.05, 0.1) is 0 Å². The maximum Gasteiger partial charge on any atom is 0 e. The Hall–Kier alpha value is -2.70. The Labute approximate surface area is 262 Å². The summed E-state index contributed by atoms with van der Waals surface area (Å²) < 4.78 is 17.1. The van der Waals surface area contributed by atoms with E-state index in [9.17, 15) is 4.39 Å². The van der Waals surface area contributed by atoms with Gasteiger partial charge in [0.15, 0.2) is 0 Å². The van der Waals surface area contributed by atoms with Crippen molar-refractivity contribution in [3.8, 4) is 22.5 Å². The normalized spacial score (nSPS) is 11.6. The molecule has 0 fully saturated rings. The van der Waals surface area contributed by atoms with Crippen LogP contribution in [0.25, 0.3) is 42.7 Å². The third kappa shape index (κ3) is 7.21. The molecule has 6 rings (SSSR count). The molecule has 3 heterocycles. The predicted octanol–water partition coefficient (Wildman–Crippen LogP) is 9.44. The third-order valence-corrected chi connectivity index (χ3v) is 12.3. The maximum absolute atomic E-state index is 13.6. The van der Waals surface area contributed by atoms with Gasteiger partial charge < -0.3 is 4.98 Å². The first-order chi connectivity index (χ1) is 19.0. The summed E-state index contributed by atoms with van der Waals surface area (Å²) in [6, 6.07) is 32.0. The van der Waals surface area contributed by atoms with Gasteiger partial charge in [-0.05, 0) is 45.0 Å². The molecule has 3 aromatic carbocycles. The van der Waals surface area contributed by atoms with Gasteiger partial charge in [0.25, 0.3) is 0 Å². The van der Waals surface area contributed by atoms with E-state index in [1.165, 1.54) is 16.0 Å². The fraction of sp³-hybridized carbons (Fsp3) is 0.200. The van der Waals surface area contributed by atoms with Crippen LogP contribution in [0.1, 0.15) is 26.3 Å². The summed E-state index contributed by atoms with van der Waals surface area (Å²) in [5, 5.41) is 2.21. The molecule has 0 unspecified atom stereocenters. The van der Waals surface area contributed by atoms with E-state index in [1.54, 1.807) is 17.4 Å². The van der Waals surface area contributed by atoms with Crippen LogP contribution in [0.2, 0.25) is 17.3 Å². The molecule has 0 saturated carbocycles. The molecule has 0 bridgehead atoms. The van der Waals surface area contributed by atoms with Gasteiger partial charge in [-0.1, -0.05) is 38.3 Å². The zero-order valence-electron chi connectivity index (χ0n) is 24.2. The summed E-state index contributed by atoms with van der Waals surface area (Å²) in [5.41, 5.74) is 5.28. The second-order valence-corrected chi connectivity index (χ2v) is 23.7. The summed E-state index contributed by atoms with van der Waals surface area (Å²) in [7, 11) is 0. The molecule has 2 nitrogen and oxygen atoms in total. The van der Waals surface area contributed by atoms with Crippen LogP contribution in [-0.2, 0) is 25.5 Å². The fourth-order valence-corrected chi connectivity index (χ4v) is 7.89. The van der Waals surface area contributed by atoms with Gasteiger partial charge in [0.2, 0.25) is 0 Å². The first kappa shape index (κ1) is 31.2. The predicted molar refractivity (Wildman–Crippen MR) is 172 cm³/mol. The molecular formula is C35H33FGeIrN2S-2. The molecule has 0 amide bonds. The van der Waals surface area contributed by atoms with Crippen molar-refractivity contribution in [2.45, 2.75) is 43.5 Å². The van der Waals surface area contributed by atoms with Crippen molar-refractivity contribution in [3.05, 3.63) is 115 Å². The SMILES string of the molecule is CC(C)(C)c1ccnc(-c2[c-]ccc3c2sc2cc(F)ccc23)c1.[CH3][Ge]([CH3])([CH3])[c]1ccc(-c2[c-]cccc2)nc1.[Ir]. The van der Waals surface area contributed by atoms with Gasteiger partial charge in [0.1, 0.15) is 5.82 Å². The van der Waals surface area contributed by atoms with Gasteiger partial charge in [-0.2, -0.15) is 11.3 Å². The molecular weight excluding hydrogens is 764 g/mol. The standard InChI is InChI=1S/C21H17FNS.C14H16GeN.Ir/c1-21(2,3)13-9-10-23-18(11-13)17-6-4-5-16-15-8-7-14(22)12-19(15)24-20(16)17;1-15(2,3)13-9-10-14(16-11-13)12-7-5-4-6-8-12;/h4-5,7-12H,1-3H3;4-7,9-11H,1-3H3;/q2*-1;. The Kier molecular flexibility index (Phi) is 9.65. The number of rotatable bonds is 3. The minimum atomic E-state index is -1.72. The molecule has 6 heteroatoms. The average Bonchev–Trinajstić information content (AvgIpc) is 3.31. The first-order valence-electron chi connectivity index (χ1n) is 13.4. The number of pyridine rings is 2. The molecule has 0 saturated heterocycles. The third-order valence-electron chi connectivity index (χ3n) is 6.89. The minimum Gasteiger partial charge on any atom is 0 e. The van der Waals surface area contributed by atoms with Gasteiger partial charge in [-0.3, -0.25) is 0 Å². The van der Waals surface area contributed by atoms with E-state index in [0.29, 0.717) is 0 Å². The Morgan fingerprint density at radius 3 is 2.27 bits per heavy atom. The molecule has 3 aromatic heterocycles. The molecule has 211 valence electrons. The second-order valence-electron chi connectivity index (χ2n) is 12.0. The number of aromatic nitrogens is 2. The van der Waals surface area contributed by atoms with Gasteiger partial charge in [-0.15, -0.1) is 23.8 Å². The van der Waals surface area contributed by atoms with Crippen LogP contribution in [0, 0.1) is 17.9 Å². The molecule has 1 radical (unpaired) electrons. The van der Waals surface area contributed by atoms with Crippen LogP contribution in [0.4, 0.5) is 4.39 Å². The van der Waals surface area contributed by atoms with E-state index < -0.39 is 13.3 Å². The van der Waals surface area contributed by atoms with Crippen molar-refractivity contribution in [3.63, 3.8) is 0 Å². The molecule has 0 aliphatic heterocycles. The van der Waals surface area contributed by atoms with Crippen LogP contribution in [-0.4, -0.2) is 23.2 Å². The van der Waals surface area contributed by atoms with E-state index in [1.807, 2.05) is 54.9 Å². The van der Waals surface area contributed by atoms with Crippen LogP contribution in [0.3, 0.4) is 0 Å². The van der Waals surface area contributed by atoms with Gasteiger partial charge in [0, 0.05) is 31.0 Å². The number of hydrogen-bond acceptors (Lipinski definition) is 3. The maximum atomic E-state index is 13.6. The van der Waals surface area contributed by atoms with Crippen molar-refractivity contribution >= 4 is 49.2 Å². The molecule has 0 aliphatic carbocycles. The quantitative estimate of drug-likeness (QED) is 0.132. The Balaban J connectivity index is 0.000000200. The van der Waals surface area contributed by atoms with Crippen LogP contribution in [0.15, 0.2) is 91.3 Å². The van der Waals surface area contributed by atoms with Gasteiger partial charge >= 0.3 is 99.8 Å². The van der Waals surface area contributed by atoms with Crippen LogP contribution in [0.5, 0.6) is 0 Å². The molecule has 0 N–H and O–H groups in total. The molecule has 0 spiro atoms. The van der Waals surface area contributed by atoms with Crippen molar-refractivity contribution in [2.75, 3.05) is 0 Å². The van der Waals surface area contributed by atoms with Crippen LogP contribution >= 0.6 is 11.3 Å². The summed E-state index contributed by atoms with van der Waals surface area (Å²) in [5.74, 6) is 6.94. The topological polar surface area (TPSA) is 25.8 Å². The molecule has 0 atom stereocenters. The largest absolute Gasteiger partial charge is 0 e. The summed E-state index contributed by atoms with van der Waals surface area (Å²) in [4.78, 5) is 9.09. The Morgan fingerprint density at radius 2 is 1.61 bits per heavy atom. The fourth-order valence-electron chi connectivity index (χ4n) is 4.49. The number of nitrogens with zero attached hydrogens (tertiary/aromatic N) is 2. The zero-order valence-corrected chi connectivity index (χ0v) is 29.5. The van der Waals surface area contributed by atoms with Gasteiger partial charge in [-0.25, -0.2) is 4.39 Å². The number of thiophene rings is 1. The van der Waals surface area contributed by atoms with E-state index in [2.05, 4.69) is 84.4 Å². The number of benzene rings is 3. The second kappa shape index (κ2) is 12.7. The van der Waals surface area contributed by atoms with E-state index in [0.717, 1.165) is 42.7 Å². The number of halogens is 1. The van der Waals surface area contributed by atoms with Crippen molar-refractivity contribution in [2.24, 2.45) is 0 Å². The molecule has 6 aromatic rings. The summed E-state index contributed by atoms with van der Waals surface area (Å²) in [6.45, 7) is 6.58. The van der Waals surface area contributed by atoms with Crippen LogP contribution < -0.4 is 4.40 Å². The summed E-state index contributed by atoms with van der Waals surface area (Å²) >= 11 is -0.117. The van der Waals surface area contributed by atoms with Crippen molar-refractivity contribution in [1.29, 1.82) is 0 Å². The smallest absolute Gasteiger partial charge is 0 e. The van der Waals surface area contributed by atoms with E-state index in [4.69, 9.17) is 0 Å².